The molecule has 0 aliphatic carbocycles. The van der Waals surface area contributed by atoms with Crippen molar-refractivity contribution in [1.82, 2.24) is 9.97 Å². The van der Waals surface area contributed by atoms with Crippen molar-refractivity contribution in [2.24, 2.45) is 11.8 Å². The molecule has 1 radical (unpaired) electrons. The third-order valence-corrected chi connectivity index (χ3v) is 20.3. The number of thiophene rings is 1. The Labute approximate surface area is 535 Å². The Morgan fingerprint density at radius 3 is 1.72 bits per heavy atom. The van der Waals surface area contributed by atoms with Crippen LogP contribution in [0, 0.1) is 30.8 Å². The minimum Gasteiger partial charge on any atom is -0.512 e. The Balaban J connectivity index is 0.000000225. The summed E-state index contributed by atoms with van der Waals surface area (Å²) in [6.07, 6.45) is -13.6. The number of nitrogens with zero attached hydrogens (tertiary/aromatic N) is 2. The summed E-state index contributed by atoms with van der Waals surface area (Å²) in [7, 11) is -2.58. The predicted molar refractivity (Wildman–Crippen MR) is 345 cm³/mol. The van der Waals surface area contributed by atoms with Gasteiger partial charge in [-0.3, -0.25) is 9.78 Å². The molecule has 1 N–H and O–H groups in total. The van der Waals surface area contributed by atoms with E-state index in [9.17, 15) is 49.4 Å². The second-order valence-corrected chi connectivity index (χ2v) is 35.9. The van der Waals surface area contributed by atoms with E-state index in [0.717, 1.165) is 45.1 Å². The van der Waals surface area contributed by atoms with Crippen LogP contribution in [-0.2, 0) is 36.5 Å². The Bertz CT molecular complexity index is 3880. The van der Waals surface area contributed by atoms with Crippen molar-refractivity contribution in [1.29, 1.82) is 0 Å². The molecule has 0 bridgehead atoms. The summed E-state index contributed by atoms with van der Waals surface area (Å²) in [5.74, 6) is -4.54. The van der Waals surface area contributed by atoms with Crippen molar-refractivity contribution in [3.05, 3.63) is 193 Å². The number of hydrogen-bond acceptors (Lipinski definition) is 5. The number of alkyl halides is 9. The van der Waals surface area contributed by atoms with Gasteiger partial charge in [-0.1, -0.05) is 198 Å². The van der Waals surface area contributed by atoms with Gasteiger partial charge in [-0.15, -0.1) is 75.9 Å². The Morgan fingerprint density at radius 1 is 0.648 bits per heavy atom. The molecule has 467 valence electrons. The number of benzene rings is 6. The fourth-order valence-electron chi connectivity index (χ4n) is 10.0. The molecule has 17 heteroatoms. The van der Waals surface area contributed by atoms with Gasteiger partial charge in [-0.25, -0.2) is 0 Å². The van der Waals surface area contributed by atoms with Gasteiger partial charge >= 0.3 is 18.5 Å². The number of aromatic nitrogens is 2. The number of carbonyl (C=O) groups excluding carboxylic acids is 1. The van der Waals surface area contributed by atoms with Gasteiger partial charge < -0.3 is 10.1 Å². The van der Waals surface area contributed by atoms with Crippen LogP contribution in [0.1, 0.15) is 81.1 Å². The summed E-state index contributed by atoms with van der Waals surface area (Å²) in [4.78, 5) is 20.8. The average Bonchev–Trinajstić information content (AvgIpc) is 1.62. The van der Waals surface area contributed by atoms with Gasteiger partial charge in [0.2, 0.25) is 0 Å². The maximum Gasteiger partial charge on any atom is 0.418 e. The largest absolute Gasteiger partial charge is 0.512 e. The van der Waals surface area contributed by atoms with Crippen molar-refractivity contribution < 1.29 is 73.6 Å². The van der Waals surface area contributed by atoms with Gasteiger partial charge in [0.25, 0.3) is 0 Å². The number of hydrogen-bond donors (Lipinski definition) is 1. The van der Waals surface area contributed by atoms with Crippen LogP contribution in [0.4, 0.5) is 39.5 Å². The van der Waals surface area contributed by atoms with Crippen LogP contribution in [0.2, 0.25) is 39.3 Å². The van der Waals surface area contributed by atoms with Gasteiger partial charge in [0, 0.05) is 75.2 Å². The molecule has 3 aromatic heterocycles. The van der Waals surface area contributed by atoms with Crippen molar-refractivity contribution in [2.75, 3.05) is 0 Å². The zero-order chi connectivity index (χ0) is 66.5. The van der Waals surface area contributed by atoms with Crippen molar-refractivity contribution in [3.63, 3.8) is 0 Å². The molecule has 2 unspecified atom stereocenters. The SMILES string of the molecule is CCC(CC(F)(F)F)C(=O)/C=C(\O)C(CC)CC(F)(F)F.C[Si](C)(C)c1ccc(-c2cc[c-]c(-c3cc(-c4ccc([Si](C)(C)C)cc4)ccn3)c2)cc1.[2H]C([2H])([2H])c1c(-c2ccccc2)sc2c(-c3[c-]c4ccccc4c(C(C)(C)C)c3)ncc(C(F)(F)F)c12.[Ir]. The molecule has 0 saturated carbocycles. The number of fused-ring (bicyclic) bond motifs is 2. The molecular weight excluding hydrogens is 1360 g/mol. The number of aliphatic hydroxyl groups excluding tert-OH is 1. The average molecular weight is 1440 g/mol. The molecule has 0 saturated heterocycles. The molecule has 0 spiro atoms. The summed E-state index contributed by atoms with van der Waals surface area (Å²) >= 11 is 1.03. The van der Waals surface area contributed by atoms with Crippen LogP contribution in [-0.4, -0.2) is 49.4 Å². The van der Waals surface area contributed by atoms with E-state index in [2.05, 4.69) is 155 Å². The molecule has 4 nitrogen and oxygen atoms in total. The molecule has 88 heavy (non-hydrogen) atoms. The number of allylic oxidation sites excluding steroid dienone is 2. The first kappa shape index (κ1) is 65.9. The number of aryl methyl sites for hydroxylation is 1. The molecule has 3 heterocycles. The number of rotatable bonds is 14. The molecule has 2 atom stereocenters. The van der Waals surface area contributed by atoms with E-state index < -0.39 is 83.3 Å². The maximum atomic E-state index is 14.2. The Morgan fingerprint density at radius 2 is 1.19 bits per heavy atom. The summed E-state index contributed by atoms with van der Waals surface area (Å²) in [5.41, 5.74) is 7.60. The minimum absolute atomic E-state index is 0. The number of ketones is 1. The monoisotopic (exact) mass is 1440 g/mol. The van der Waals surface area contributed by atoms with Crippen LogP contribution in [0.3, 0.4) is 0 Å². The topological polar surface area (TPSA) is 63.1 Å². The molecule has 9 aromatic rings. The zero-order valence-electron chi connectivity index (χ0n) is 53.9. The normalized spacial score (nSPS) is 13.9. The summed E-state index contributed by atoms with van der Waals surface area (Å²) in [6.45, 7) is 20.5. The second-order valence-electron chi connectivity index (χ2n) is 24.7. The van der Waals surface area contributed by atoms with Crippen LogP contribution >= 0.6 is 11.3 Å². The van der Waals surface area contributed by atoms with Gasteiger partial charge in [-0.2, -0.15) is 39.5 Å². The number of pyridine rings is 2. The standard InChI is InChI=1S/C29H23F3NS.C29H32NSi2.C13H18F6O2.Ir/c1-17-24-23(29(30,31)32)16-33-25(27(24)34-26(17)18-10-6-5-7-11-18)20-14-19-12-8-9-13-21(19)22(15-20)28(2,3)4;1-31(2,3)27-14-10-22(11-15-27)24-8-7-9-26(20-24)29-21-25(18-19-30-29)23-12-16-28(17-13-23)32(4,5)6;1-3-8(6-12(14,15)16)10(20)5-11(21)9(4-2)7-13(17,18)19;/h5-13,15-16H,1-4H3;7-8,10-21H,1-6H3;5,8-9,20H,3-4,6-7H2,1-2H3;/q2*-1;;/b;;10-5-;/i1D3;;;. The fraction of sp³-hybridized carbons (Fsp3) is 0.310. The minimum atomic E-state index is -4.78. The summed E-state index contributed by atoms with van der Waals surface area (Å²) in [5, 5.41) is 14.0. The van der Waals surface area contributed by atoms with E-state index in [1.54, 1.807) is 30.3 Å². The first-order valence-electron chi connectivity index (χ1n) is 30.1. The van der Waals surface area contributed by atoms with Gasteiger partial charge in [0.1, 0.15) is 0 Å². The molecular formula is C71H73F9IrN2O2SSi2-2. The number of aliphatic hydroxyl groups is 1. The number of carbonyl (C=O) groups is 1. The fourth-order valence-corrected chi connectivity index (χ4v) is 13.6. The molecule has 0 fully saturated rings. The first-order chi connectivity index (χ1) is 41.8. The van der Waals surface area contributed by atoms with E-state index in [-0.39, 0.29) is 64.6 Å². The zero-order valence-corrected chi connectivity index (χ0v) is 56.1. The molecule has 9 rings (SSSR count). The summed E-state index contributed by atoms with van der Waals surface area (Å²) in [6, 6.07) is 53.8. The smallest absolute Gasteiger partial charge is 0.418 e. The third-order valence-electron chi connectivity index (χ3n) is 15.0. The van der Waals surface area contributed by atoms with Crippen molar-refractivity contribution >= 4 is 64.5 Å². The van der Waals surface area contributed by atoms with Gasteiger partial charge in [0.15, 0.2) is 5.78 Å². The van der Waals surface area contributed by atoms with E-state index in [1.165, 1.54) is 46.5 Å². The molecule has 6 aromatic carbocycles. The molecule has 0 aliphatic heterocycles. The molecule has 0 amide bonds. The van der Waals surface area contributed by atoms with Crippen molar-refractivity contribution in [3.8, 4) is 55.2 Å². The van der Waals surface area contributed by atoms with Crippen LogP contribution in [0.15, 0.2) is 164 Å². The second kappa shape index (κ2) is 28.5. The van der Waals surface area contributed by atoms with Crippen LogP contribution < -0.4 is 10.4 Å². The quantitative estimate of drug-likeness (QED) is 0.0387. The van der Waals surface area contributed by atoms with Gasteiger partial charge in [-0.05, 0) is 64.7 Å². The summed E-state index contributed by atoms with van der Waals surface area (Å²) < 4.78 is 141. The third kappa shape index (κ3) is 18.3. The van der Waals surface area contributed by atoms with Crippen LogP contribution in [0.5, 0.6) is 0 Å². The molecule has 0 aliphatic rings. The first-order valence-corrected chi connectivity index (χ1v) is 36.4. The van der Waals surface area contributed by atoms with Gasteiger partial charge in [0.05, 0.1) is 40.3 Å². The Hall–Kier alpha value is -6.50. The van der Waals surface area contributed by atoms with Crippen LogP contribution in [0.25, 0.3) is 76.1 Å². The Kier molecular flexibility index (Phi) is 21.4. The van der Waals surface area contributed by atoms with E-state index in [1.807, 2.05) is 42.6 Å². The van der Waals surface area contributed by atoms with E-state index >= 15 is 0 Å². The number of halogens is 9. The van der Waals surface area contributed by atoms with E-state index in [0.29, 0.717) is 17.2 Å². The predicted octanol–water partition coefficient (Wildman–Crippen LogP) is 21.1. The van der Waals surface area contributed by atoms with E-state index in [4.69, 9.17) is 4.11 Å². The van der Waals surface area contributed by atoms with Crippen molar-refractivity contribution in [2.45, 2.75) is 130 Å². The maximum absolute atomic E-state index is 14.2.